The van der Waals surface area contributed by atoms with Crippen LogP contribution in [0.3, 0.4) is 0 Å². The summed E-state index contributed by atoms with van der Waals surface area (Å²) in [7, 11) is 1.53. The van der Waals surface area contributed by atoms with E-state index in [-0.39, 0.29) is 95.1 Å². The third-order valence-corrected chi connectivity index (χ3v) is 12.2. The largest absolute Gasteiger partial charge is 1.00 e. The van der Waals surface area contributed by atoms with E-state index in [1.165, 1.54) is 7.11 Å². The second-order valence-electron chi connectivity index (χ2n) is 13.6. The van der Waals surface area contributed by atoms with Gasteiger partial charge in [-0.25, -0.2) is 4.79 Å². The van der Waals surface area contributed by atoms with Crippen molar-refractivity contribution in [1.82, 2.24) is 0 Å². The smallest absolute Gasteiger partial charge is 0.549 e. The first-order valence-corrected chi connectivity index (χ1v) is 14.9. The van der Waals surface area contributed by atoms with Crippen LogP contribution in [0.2, 0.25) is 0 Å². The van der Waals surface area contributed by atoms with Crippen molar-refractivity contribution in [2.24, 2.45) is 28.6 Å². The van der Waals surface area contributed by atoms with Crippen molar-refractivity contribution in [2.75, 3.05) is 13.7 Å². The number of carboxylic acids is 1. The summed E-state index contributed by atoms with van der Waals surface area (Å²) in [4.78, 5) is 24.9. The summed E-state index contributed by atoms with van der Waals surface area (Å²) in [5.41, 5.74) is -3.71. The number of carboxylic acid groups (broad SMARTS) is 1. The zero-order chi connectivity index (χ0) is 28.7. The Morgan fingerprint density at radius 1 is 1.10 bits per heavy atom. The van der Waals surface area contributed by atoms with Crippen LogP contribution in [-0.4, -0.2) is 82.9 Å². The summed E-state index contributed by atoms with van der Waals surface area (Å²) in [6, 6.07) is 0. The van der Waals surface area contributed by atoms with Gasteiger partial charge in [-0.15, -0.1) is 0 Å². The van der Waals surface area contributed by atoms with Crippen LogP contribution < -0.4 is 56.5 Å². The van der Waals surface area contributed by atoms with E-state index in [9.17, 15) is 30.0 Å². The van der Waals surface area contributed by atoms with Crippen LogP contribution in [0.4, 0.5) is 0 Å². The number of carbonyl (C=O) groups excluding carboxylic acids is 2. The Morgan fingerprint density at radius 2 is 1.83 bits per heavy atom. The normalized spacial score (nSPS) is 51.0. The summed E-state index contributed by atoms with van der Waals surface area (Å²) in [6.45, 7) is 4.09. The molecular formula is C30H43KO10. The molecule has 4 aliphatic carbocycles. The molecule has 224 valence electrons. The fourth-order valence-corrected chi connectivity index (χ4v) is 10.1. The Kier molecular flexibility index (Phi) is 9.08. The zero-order valence-electron chi connectivity index (χ0n) is 24.7. The number of esters is 1. The molecule has 0 amide bonds. The molecule has 6 aliphatic rings. The molecule has 0 unspecified atom stereocenters. The number of carbonyl (C=O) groups is 2. The number of hydrogen-bond acceptors (Lipinski definition) is 10. The summed E-state index contributed by atoms with van der Waals surface area (Å²) in [5.74, 6) is -2.31. The third kappa shape index (κ3) is 4.80. The number of rotatable bonds is 5. The first kappa shape index (κ1) is 32.5. The van der Waals surface area contributed by atoms with Crippen molar-refractivity contribution in [3.63, 3.8) is 0 Å². The van der Waals surface area contributed by atoms with Crippen LogP contribution in [0.5, 0.6) is 0 Å². The van der Waals surface area contributed by atoms with Crippen molar-refractivity contribution in [3.05, 3.63) is 11.6 Å². The fourth-order valence-electron chi connectivity index (χ4n) is 10.1. The van der Waals surface area contributed by atoms with Gasteiger partial charge in [0.2, 0.25) is 0 Å². The molecule has 10 nitrogen and oxygen atoms in total. The minimum absolute atomic E-state index is 0. The van der Waals surface area contributed by atoms with Gasteiger partial charge < -0.3 is 44.2 Å². The van der Waals surface area contributed by atoms with Crippen LogP contribution >= 0.6 is 0 Å². The Balaban J connectivity index is 0.00000337. The van der Waals surface area contributed by atoms with Gasteiger partial charge in [-0.2, -0.15) is 0 Å². The van der Waals surface area contributed by atoms with Crippen LogP contribution in [0.15, 0.2) is 11.6 Å². The predicted octanol–water partition coefficient (Wildman–Crippen LogP) is -2.01. The van der Waals surface area contributed by atoms with E-state index in [1.54, 1.807) is 13.0 Å². The maximum absolute atomic E-state index is 13.1. The van der Waals surface area contributed by atoms with E-state index in [0.717, 1.165) is 5.57 Å². The fraction of sp³-hybridized carbons (Fsp3) is 0.867. The predicted molar refractivity (Wildman–Crippen MR) is 137 cm³/mol. The van der Waals surface area contributed by atoms with Gasteiger partial charge in [0, 0.05) is 36.9 Å². The molecule has 0 spiro atoms. The maximum Gasteiger partial charge on any atom is 1.00 e. The van der Waals surface area contributed by atoms with Crippen LogP contribution in [-0.2, 0) is 28.5 Å². The second kappa shape index (κ2) is 11.5. The molecule has 41 heavy (non-hydrogen) atoms. The average molecular weight is 603 g/mol. The summed E-state index contributed by atoms with van der Waals surface area (Å²) in [6.07, 6.45) is 3.06. The van der Waals surface area contributed by atoms with Gasteiger partial charge in [0.15, 0.2) is 6.29 Å². The molecule has 11 heteroatoms. The third-order valence-electron chi connectivity index (χ3n) is 12.2. The minimum atomic E-state index is -1.54. The number of ether oxygens (including phenoxy) is 4. The van der Waals surface area contributed by atoms with E-state index in [2.05, 4.69) is 6.92 Å². The number of methoxy groups -OCH3 is 1. The van der Waals surface area contributed by atoms with Gasteiger partial charge in [-0.05, 0) is 81.6 Å². The number of aliphatic hydroxyl groups excluding tert-OH is 1. The summed E-state index contributed by atoms with van der Waals surface area (Å²) in [5, 5.41) is 47.9. The number of aliphatic hydroxyl groups is 3. The van der Waals surface area contributed by atoms with Crippen molar-refractivity contribution < 1.29 is 100 Å². The Labute approximate surface area is 283 Å². The Hall–Kier alpha value is 0.0764. The summed E-state index contributed by atoms with van der Waals surface area (Å²) >= 11 is 0. The van der Waals surface area contributed by atoms with E-state index >= 15 is 0 Å². The number of cyclic esters (lactones) is 1. The van der Waals surface area contributed by atoms with E-state index in [1.807, 2.05) is 0 Å². The van der Waals surface area contributed by atoms with Crippen LogP contribution in [0.25, 0.3) is 0 Å². The topological polar surface area (TPSA) is 155 Å². The van der Waals surface area contributed by atoms with Crippen molar-refractivity contribution in [2.45, 2.75) is 120 Å². The first-order chi connectivity index (χ1) is 18.9. The quantitative estimate of drug-likeness (QED) is 0.183. The summed E-state index contributed by atoms with van der Waals surface area (Å²) < 4.78 is 22.7. The average Bonchev–Trinajstić information content (AvgIpc) is 3.44. The van der Waals surface area contributed by atoms with Crippen molar-refractivity contribution in [1.29, 1.82) is 0 Å². The minimum Gasteiger partial charge on any atom is -0.549 e. The molecule has 3 N–H and O–H groups in total. The van der Waals surface area contributed by atoms with Gasteiger partial charge in [0.1, 0.15) is 12.7 Å². The van der Waals surface area contributed by atoms with Crippen LogP contribution in [0, 0.1) is 28.6 Å². The number of fused-ring (bicyclic) bond motifs is 5. The van der Waals surface area contributed by atoms with Gasteiger partial charge in [-0.1, -0.05) is 6.92 Å². The van der Waals surface area contributed by atoms with Gasteiger partial charge in [-0.3, -0.25) is 0 Å². The first-order valence-electron chi connectivity index (χ1n) is 14.9. The molecule has 6 rings (SSSR count). The molecule has 0 bridgehead atoms. The van der Waals surface area contributed by atoms with E-state index in [0.29, 0.717) is 44.9 Å². The molecule has 2 heterocycles. The SMILES string of the molecule is CO[C@H]1C[C@H](O[C@H]2CC[C@]3(C(=O)[O-])[C@H]4CC[C@]5(C)[C@@H](C6=CC(=O)OC6)CC[C@]5(O)[C@@H]4CC[C@]3(O)C2)O[C@H](C)[C@H]1O.[K+]. The Bertz CT molecular complexity index is 1080. The van der Waals surface area contributed by atoms with Gasteiger partial charge in [0.25, 0.3) is 0 Å². The molecule has 0 aromatic rings. The van der Waals surface area contributed by atoms with Crippen molar-refractivity contribution >= 4 is 11.9 Å². The van der Waals surface area contributed by atoms with E-state index < -0.39 is 64.6 Å². The second-order valence-corrected chi connectivity index (χ2v) is 13.6. The number of aliphatic carboxylic acids is 1. The van der Waals surface area contributed by atoms with Crippen LogP contribution in [0.1, 0.15) is 78.1 Å². The van der Waals surface area contributed by atoms with Gasteiger partial charge >= 0.3 is 57.4 Å². The molecule has 0 radical (unpaired) electrons. The monoisotopic (exact) mass is 602 g/mol. The van der Waals surface area contributed by atoms with Crippen molar-refractivity contribution in [3.8, 4) is 0 Å². The Morgan fingerprint density at radius 3 is 2.49 bits per heavy atom. The number of hydrogen-bond donors (Lipinski definition) is 3. The molecule has 0 aromatic carbocycles. The maximum atomic E-state index is 13.1. The zero-order valence-corrected chi connectivity index (χ0v) is 27.8. The molecular weight excluding hydrogens is 559 g/mol. The molecule has 12 atom stereocenters. The standard InChI is InChI=1S/C30H44O10.K/c1-16-25(32)22(37-3)13-24(39-16)40-18-4-10-29(26(33)34)20-5-8-27(2)19(17-12-23(31)38-15-17)7-11-30(27,36)21(20)6-9-28(29,35)14-18;/h12,16,18-22,24-25,32,35-36H,4-11,13-15H2,1-3H3,(H,33,34);/q;+1/p-1/t16-,18+,19-,20+,21-,22+,24+,25-,27-,28+,29-,30+;/m1./s1. The van der Waals surface area contributed by atoms with Gasteiger partial charge in [0.05, 0.1) is 35.5 Å². The molecule has 0 aromatic heterocycles. The van der Waals surface area contributed by atoms with E-state index in [4.69, 9.17) is 18.9 Å². The molecule has 4 saturated carbocycles. The molecule has 2 aliphatic heterocycles. The molecule has 1 saturated heterocycles. The molecule has 5 fully saturated rings.